The number of aliphatic hydroxyl groups is 1. The lowest BCUT2D eigenvalue weighted by Gasteiger charge is -2.18. The first-order chi connectivity index (χ1) is 14.9. The van der Waals surface area contributed by atoms with E-state index in [0.717, 1.165) is 24.8 Å². The summed E-state index contributed by atoms with van der Waals surface area (Å²) in [7, 11) is 0. The van der Waals surface area contributed by atoms with Gasteiger partial charge in [-0.2, -0.15) is 4.98 Å². The van der Waals surface area contributed by atoms with E-state index in [1.165, 1.54) is 4.57 Å². The topological polar surface area (TPSA) is 94.1 Å². The summed E-state index contributed by atoms with van der Waals surface area (Å²) in [6, 6.07) is 9.76. The van der Waals surface area contributed by atoms with Crippen molar-refractivity contribution in [2.75, 3.05) is 5.32 Å². The molecule has 166 valence electrons. The summed E-state index contributed by atoms with van der Waals surface area (Å²) >= 11 is 0. The predicted octanol–water partition coefficient (Wildman–Crippen LogP) is 2.41. The summed E-state index contributed by atoms with van der Waals surface area (Å²) in [6.45, 7) is 7.10. The number of anilines is 1. The van der Waals surface area contributed by atoms with Crippen LogP contribution in [0.5, 0.6) is 0 Å². The molecule has 2 aromatic heterocycles. The molecule has 8 nitrogen and oxygen atoms in total. The van der Waals surface area contributed by atoms with Crippen LogP contribution < -0.4 is 16.6 Å². The molecule has 4 rings (SSSR count). The normalized spacial score (nSPS) is 18.9. The van der Waals surface area contributed by atoms with E-state index in [9.17, 15) is 14.7 Å². The molecule has 1 fully saturated rings. The van der Waals surface area contributed by atoms with E-state index in [-0.39, 0.29) is 23.2 Å². The lowest BCUT2D eigenvalue weighted by molar-refractivity contribution is 0.171. The van der Waals surface area contributed by atoms with Gasteiger partial charge in [0.25, 0.3) is 5.56 Å². The van der Waals surface area contributed by atoms with Gasteiger partial charge in [-0.05, 0) is 37.7 Å². The smallest absolute Gasteiger partial charge is 0.332 e. The molecule has 0 bridgehead atoms. The van der Waals surface area contributed by atoms with Crippen LogP contribution in [0.15, 0.2) is 39.9 Å². The van der Waals surface area contributed by atoms with E-state index in [1.54, 1.807) is 11.5 Å². The summed E-state index contributed by atoms with van der Waals surface area (Å²) in [6.07, 6.45) is 2.08. The van der Waals surface area contributed by atoms with E-state index in [0.29, 0.717) is 36.7 Å². The van der Waals surface area contributed by atoms with Crippen LogP contribution in [0.1, 0.15) is 45.6 Å². The lowest BCUT2D eigenvalue weighted by Crippen LogP contribution is -2.40. The van der Waals surface area contributed by atoms with Crippen LogP contribution in [-0.2, 0) is 19.6 Å². The van der Waals surface area contributed by atoms with Gasteiger partial charge in [-0.15, -0.1) is 0 Å². The average molecular weight is 426 g/mol. The standard InChI is InChI=1S/C23H31N5O3/c1-4-26-21(30)19-20(28(23(26)31)13-15(2)3)25-22(24-17-11-8-12-18(17)29)27(19)14-16-9-6-5-7-10-16/h5-7,9-10,15,17-18,29H,4,8,11-14H2,1-3H3,(H,24,25). The fourth-order valence-corrected chi connectivity index (χ4v) is 4.40. The largest absolute Gasteiger partial charge is 0.391 e. The van der Waals surface area contributed by atoms with E-state index >= 15 is 0 Å². The molecule has 1 saturated carbocycles. The Balaban J connectivity index is 1.96. The molecule has 0 spiro atoms. The number of nitrogens with one attached hydrogen (secondary N) is 1. The molecule has 0 amide bonds. The third-order valence-electron chi connectivity index (χ3n) is 5.96. The third-order valence-corrected chi connectivity index (χ3v) is 5.96. The monoisotopic (exact) mass is 425 g/mol. The predicted molar refractivity (Wildman–Crippen MR) is 122 cm³/mol. The second-order valence-corrected chi connectivity index (χ2v) is 8.76. The van der Waals surface area contributed by atoms with Gasteiger partial charge in [-0.1, -0.05) is 44.2 Å². The molecular weight excluding hydrogens is 394 g/mol. The molecule has 8 heteroatoms. The SMILES string of the molecule is CCn1c(=O)c2c(nc(NC3CCCC3O)n2Cc2ccccc2)n(CC(C)C)c1=O. The van der Waals surface area contributed by atoms with Gasteiger partial charge in [0.2, 0.25) is 5.95 Å². The van der Waals surface area contributed by atoms with Crippen LogP contribution >= 0.6 is 0 Å². The highest BCUT2D eigenvalue weighted by Gasteiger charge is 2.28. The number of nitrogens with zero attached hydrogens (tertiary/aromatic N) is 4. The molecule has 2 N–H and O–H groups in total. The Morgan fingerprint density at radius 2 is 1.87 bits per heavy atom. The van der Waals surface area contributed by atoms with Crippen molar-refractivity contribution in [1.29, 1.82) is 0 Å². The van der Waals surface area contributed by atoms with Crippen LogP contribution in [0, 0.1) is 5.92 Å². The summed E-state index contributed by atoms with van der Waals surface area (Å²) in [5, 5.41) is 13.7. The number of aromatic nitrogens is 4. The van der Waals surface area contributed by atoms with Crippen molar-refractivity contribution in [2.24, 2.45) is 5.92 Å². The minimum atomic E-state index is -0.449. The van der Waals surface area contributed by atoms with Crippen molar-refractivity contribution in [2.45, 2.75) is 71.8 Å². The van der Waals surface area contributed by atoms with Crippen molar-refractivity contribution in [3.8, 4) is 0 Å². The average Bonchev–Trinajstić information content (AvgIpc) is 3.30. The zero-order chi connectivity index (χ0) is 22.1. The summed E-state index contributed by atoms with van der Waals surface area (Å²) in [5.41, 5.74) is 1.19. The van der Waals surface area contributed by atoms with Crippen LogP contribution in [0.4, 0.5) is 5.95 Å². The van der Waals surface area contributed by atoms with Crippen LogP contribution in [0.2, 0.25) is 0 Å². The summed E-state index contributed by atoms with van der Waals surface area (Å²) in [4.78, 5) is 31.2. The fraction of sp³-hybridized carbons (Fsp3) is 0.522. The molecule has 3 aromatic rings. The second kappa shape index (κ2) is 8.70. The second-order valence-electron chi connectivity index (χ2n) is 8.76. The molecule has 2 heterocycles. The highest BCUT2D eigenvalue weighted by Crippen LogP contribution is 2.25. The maximum Gasteiger partial charge on any atom is 0.332 e. The maximum absolute atomic E-state index is 13.4. The Morgan fingerprint density at radius 3 is 2.48 bits per heavy atom. The Kier molecular flexibility index (Phi) is 6.00. The molecule has 1 aliphatic rings. The molecule has 1 aliphatic carbocycles. The van der Waals surface area contributed by atoms with E-state index in [2.05, 4.69) is 5.32 Å². The van der Waals surface area contributed by atoms with Gasteiger partial charge in [0.05, 0.1) is 18.7 Å². The zero-order valence-electron chi connectivity index (χ0n) is 18.4. The Labute approximate surface area is 181 Å². The Hall–Kier alpha value is -2.87. The van der Waals surface area contributed by atoms with Gasteiger partial charge >= 0.3 is 5.69 Å². The van der Waals surface area contributed by atoms with E-state index in [1.807, 2.05) is 48.7 Å². The van der Waals surface area contributed by atoms with Crippen molar-refractivity contribution in [3.63, 3.8) is 0 Å². The molecular formula is C23H31N5O3. The van der Waals surface area contributed by atoms with Gasteiger partial charge in [0.15, 0.2) is 11.2 Å². The maximum atomic E-state index is 13.4. The van der Waals surface area contributed by atoms with Crippen molar-refractivity contribution in [1.82, 2.24) is 18.7 Å². The molecule has 0 aliphatic heterocycles. The number of hydrogen-bond donors (Lipinski definition) is 2. The summed E-state index contributed by atoms with van der Waals surface area (Å²) < 4.78 is 4.76. The minimum Gasteiger partial charge on any atom is -0.391 e. The van der Waals surface area contributed by atoms with E-state index in [4.69, 9.17) is 4.98 Å². The number of imidazole rings is 1. The minimum absolute atomic E-state index is 0.120. The number of rotatable bonds is 7. The number of fused-ring (bicyclic) bond motifs is 1. The zero-order valence-corrected chi connectivity index (χ0v) is 18.4. The Bertz CT molecular complexity index is 1180. The molecule has 31 heavy (non-hydrogen) atoms. The third kappa shape index (κ3) is 4.04. The highest BCUT2D eigenvalue weighted by atomic mass is 16.3. The number of aliphatic hydroxyl groups excluding tert-OH is 1. The fourth-order valence-electron chi connectivity index (χ4n) is 4.40. The molecule has 0 radical (unpaired) electrons. The van der Waals surface area contributed by atoms with E-state index < -0.39 is 6.10 Å². The number of hydrogen-bond acceptors (Lipinski definition) is 5. The first kappa shape index (κ1) is 21.4. The van der Waals surface area contributed by atoms with Crippen molar-refractivity contribution < 1.29 is 5.11 Å². The van der Waals surface area contributed by atoms with Gasteiger partial charge in [0.1, 0.15) is 0 Å². The molecule has 0 saturated heterocycles. The van der Waals surface area contributed by atoms with Gasteiger partial charge in [-0.3, -0.25) is 18.5 Å². The van der Waals surface area contributed by atoms with Gasteiger partial charge in [0, 0.05) is 13.1 Å². The molecule has 2 atom stereocenters. The van der Waals surface area contributed by atoms with Gasteiger partial charge in [-0.25, -0.2) is 4.79 Å². The van der Waals surface area contributed by atoms with Crippen LogP contribution in [-0.4, -0.2) is 35.9 Å². The summed E-state index contributed by atoms with van der Waals surface area (Å²) in [5.74, 6) is 0.740. The number of benzene rings is 1. The highest BCUT2D eigenvalue weighted by molar-refractivity contribution is 5.74. The quantitative estimate of drug-likeness (QED) is 0.606. The lowest BCUT2D eigenvalue weighted by atomic mass is 10.2. The van der Waals surface area contributed by atoms with Crippen LogP contribution in [0.3, 0.4) is 0 Å². The Morgan fingerprint density at radius 1 is 1.13 bits per heavy atom. The molecule has 1 aromatic carbocycles. The van der Waals surface area contributed by atoms with Crippen LogP contribution in [0.25, 0.3) is 11.2 Å². The first-order valence-corrected chi connectivity index (χ1v) is 11.1. The van der Waals surface area contributed by atoms with Crippen molar-refractivity contribution >= 4 is 17.1 Å². The van der Waals surface area contributed by atoms with Crippen molar-refractivity contribution in [3.05, 3.63) is 56.7 Å². The molecule has 2 unspecified atom stereocenters. The first-order valence-electron chi connectivity index (χ1n) is 11.1. The van der Waals surface area contributed by atoms with Gasteiger partial charge < -0.3 is 10.4 Å².